The Balaban J connectivity index is 2.01. The van der Waals surface area contributed by atoms with Gasteiger partial charge >= 0.3 is 0 Å². The minimum atomic E-state index is -0.473. The predicted octanol–water partition coefficient (Wildman–Crippen LogP) is 0.465. The third-order valence-corrected chi connectivity index (χ3v) is 3.35. The highest BCUT2D eigenvalue weighted by Crippen LogP contribution is 2.33. The second-order valence-electron chi connectivity index (χ2n) is 4.42. The van der Waals surface area contributed by atoms with Gasteiger partial charge in [0.15, 0.2) is 0 Å². The predicted molar refractivity (Wildman–Crippen MR) is 67.4 cm³/mol. The Morgan fingerprint density at radius 1 is 1.58 bits per heavy atom. The van der Waals surface area contributed by atoms with E-state index in [0.29, 0.717) is 19.0 Å². The number of hydrogen-bond donors (Lipinski definition) is 2. The standard InChI is InChI=1S/C12H15N5O2/c1-2-19-6-17-9-4-3-7-10(8(9)5-14-17)15-16-11(7)12(13)18/h5H,2-4,6H2,1H3,(H2,13,18)(H,15,16). The van der Waals surface area contributed by atoms with Crippen LogP contribution in [0.4, 0.5) is 0 Å². The molecule has 0 spiro atoms. The average Bonchev–Trinajstić information content (AvgIpc) is 2.99. The van der Waals surface area contributed by atoms with Gasteiger partial charge in [-0.1, -0.05) is 0 Å². The molecule has 1 aliphatic carbocycles. The lowest BCUT2D eigenvalue weighted by molar-refractivity contribution is 0.0771. The number of nitrogens with zero attached hydrogens (tertiary/aromatic N) is 3. The van der Waals surface area contributed by atoms with Gasteiger partial charge in [-0.15, -0.1) is 0 Å². The molecule has 0 bridgehead atoms. The van der Waals surface area contributed by atoms with Crippen LogP contribution in [0.15, 0.2) is 6.20 Å². The molecule has 3 N–H and O–H groups in total. The van der Waals surface area contributed by atoms with Crippen molar-refractivity contribution >= 4 is 5.91 Å². The van der Waals surface area contributed by atoms with E-state index < -0.39 is 5.91 Å². The van der Waals surface area contributed by atoms with Crippen molar-refractivity contribution in [2.45, 2.75) is 26.5 Å². The van der Waals surface area contributed by atoms with Crippen LogP contribution in [-0.4, -0.2) is 32.5 Å². The Hall–Kier alpha value is -2.15. The second-order valence-corrected chi connectivity index (χ2v) is 4.42. The summed E-state index contributed by atoms with van der Waals surface area (Å²) in [7, 11) is 0. The smallest absolute Gasteiger partial charge is 0.267 e. The van der Waals surface area contributed by atoms with Gasteiger partial charge < -0.3 is 10.5 Å². The molecule has 0 aliphatic heterocycles. The quantitative estimate of drug-likeness (QED) is 0.835. The number of amides is 1. The number of rotatable bonds is 4. The first kappa shape index (κ1) is 11.9. The van der Waals surface area contributed by atoms with Crippen LogP contribution in [-0.2, 0) is 24.3 Å². The Kier molecular flexibility index (Phi) is 2.83. The largest absolute Gasteiger partial charge is 0.364 e. The number of carbonyl (C=O) groups excluding carboxylic acids is 1. The number of aromatic amines is 1. The SMILES string of the molecule is CCOCn1ncc2c1CCc1c-2n[nH]c1C(N)=O. The van der Waals surface area contributed by atoms with Crippen LogP contribution in [0.5, 0.6) is 0 Å². The molecule has 3 rings (SSSR count). The first-order valence-electron chi connectivity index (χ1n) is 6.22. The highest BCUT2D eigenvalue weighted by molar-refractivity contribution is 5.94. The Labute approximate surface area is 109 Å². The molecule has 7 heteroatoms. The van der Waals surface area contributed by atoms with Gasteiger partial charge in [0.1, 0.15) is 12.4 Å². The molecule has 100 valence electrons. The number of nitrogens with one attached hydrogen (secondary N) is 1. The van der Waals surface area contributed by atoms with Crippen molar-refractivity contribution in [1.29, 1.82) is 0 Å². The van der Waals surface area contributed by atoms with E-state index in [1.807, 2.05) is 11.6 Å². The number of H-pyrrole nitrogens is 1. The van der Waals surface area contributed by atoms with E-state index in [9.17, 15) is 4.79 Å². The Bertz CT molecular complexity index is 628. The molecule has 0 unspecified atom stereocenters. The number of hydrogen-bond acceptors (Lipinski definition) is 4. The number of carbonyl (C=O) groups is 1. The number of primary amides is 1. The summed E-state index contributed by atoms with van der Waals surface area (Å²) < 4.78 is 7.21. The third-order valence-electron chi connectivity index (χ3n) is 3.35. The molecule has 0 saturated carbocycles. The second kappa shape index (κ2) is 4.51. The average molecular weight is 261 g/mol. The molecule has 7 nitrogen and oxygen atoms in total. The number of fused-ring (bicyclic) bond motifs is 3. The van der Waals surface area contributed by atoms with Crippen molar-refractivity contribution in [3.63, 3.8) is 0 Å². The maximum Gasteiger partial charge on any atom is 0.267 e. The van der Waals surface area contributed by atoms with Crippen molar-refractivity contribution in [3.05, 3.63) is 23.1 Å². The number of nitrogens with two attached hydrogens (primary N) is 1. The van der Waals surface area contributed by atoms with E-state index >= 15 is 0 Å². The number of aromatic nitrogens is 4. The minimum Gasteiger partial charge on any atom is -0.364 e. The van der Waals surface area contributed by atoms with Gasteiger partial charge in [0.2, 0.25) is 0 Å². The fraction of sp³-hybridized carbons (Fsp3) is 0.417. The van der Waals surface area contributed by atoms with Crippen molar-refractivity contribution in [2.24, 2.45) is 5.73 Å². The first-order valence-corrected chi connectivity index (χ1v) is 6.22. The molecule has 2 heterocycles. The highest BCUT2D eigenvalue weighted by Gasteiger charge is 2.27. The van der Waals surface area contributed by atoms with Crippen LogP contribution >= 0.6 is 0 Å². The zero-order valence-electron chi connectivity index (χ0n) is 10.6. The van der Waals surface area contributed by atoms with Crippen LogP contribution in [0.25, 0.3) is 11.3 Å². The topological polar surface area (TPSA) is 98.8 Å². The van der Waals surface area contributed by atoms with Gasteiger partial charge in [-0.2, -0.15) is 10.2 Å². The maximum atomic E-state index is 11.3. The zero-order valence-corrected chi connectivity index (χ0v) is 10.6. The molecule has 1 aliphatic rings. The lowest BCUT2D eigenvalue weighted by Gasteiger charge is -2.14. The van der Waals surface area contributed by atoms with Gasteiger partial charge in [0.05, 0.1) is 17.6 Å². The minimum absolute atomic E-state index is 0.401. The summed E-state index contributed by atoms with van der Waals surface area (Å²) in [6, 6.07) is 0. The van der Waals surface area contributed by atoms with Crippen molar-refractivity contribution in [2.75, 3.05) is 6.61 Å². The van der Waals surface area contributed by atoms with Gasteiger partial charge in [0.25, 0.3) is 5.91 Å². The fourth-order valence-corrected chi connectivity index (χ4v) is 2.44. The van der Waals surface area contributed by atoms with E-state index in [1.165, 1.54) is 0 Å². The summed E-state index contributed by atoms with van der Waals surface area (Å²) in [4.78, 5) is 11.3. The highest BCUT2D eigenvalue weighted by atomic mass is 16.5. The normalized spacial score (nSPS) is 13.1. The molecular formula is C12H15N5O2. The van der Waals surface area contributed by atoms with Crippen LogP contribution in [0, 0.1) is 0 Å². The molecular weight excluding hydrogens is 246 g/mol. The lowest BCUT2D eigenvalue weighted by atomic mass is 9.94. The summed E-state index contributed by atoms with van der Waals surface area (Å²) in [6.45, 7) is 3.03. The van der Waals surface area contributed by atoms with E-state index in [0.717, 1.165) is 35.4 Å². The summed E-state index contributed by atoms with van der Waals surface area (Å²) in [5, 5.41) is 11.2. The van der Waals surface area contributed by atoms with E-state index in [1.54, 1.807) is 6.20 Å². The molecule has 0 saturated heterocycles. The zero-order chi connectivity index (χ0) is 13.4. The molecule has 19 heavy (non-hydrogen) atoms. The summed E-state index contributed by atoms with van der Waals surface area (Å²) in [5.74, 6) is -0.473. The van der Waals surface area contributed by atoms with Gasteiger partial charge in [-0.25, -0.2) is 4.68 Å². The molecule has 1 amide bonds. The van der Waals surface area contributed by atoms with Gasteiger partial charge in [0, 0.05) is 17.7 Å². The molecule has 0 atom stereocenters. The summed E-state index contributed by atoms with van der Waals surface area (Å²) in [6.07, 6.45) is 3.29. The van der Waals surface area contributed by atoms with Crippen LogP contribution in [0.2, 0.25) is 0 Å². The monoisotopic (exact) mass is 261 g/mol. The fourth-order valence-electron chi connectivity index (χ4n) is 2.44. The van der Waals surface area contributed by atoms with Gasteiger partial charge in [-0.05, 0) is 19.8 Å². The van der Waals surface area contributed by atoms with E-state index in [4.69, 9.17) is 10.5 Å². The van der Waals surface area contributed by atoms with Crippen LogP contribution < -0.4 is 5.73 Å². The van der Waals surface area contributed by atoms with Crippen molar-refractivity contribution in [3.8, 4) is 11.3 Å². The third kappa shape index (κ3) is 1.82. The van der Waals surface area contributed by atoms with Gasteiger partial charge in [-0.3, -0.25) is 9.89 Å². The Morgan fingerprint density at radius 3 is 3.16 bits per heavy atom. The van der Waals surface area contributed by atoms with Crippen molar-refractivity contribution < 1.29 is 9.53 Å². The molecule has 2 aromatic rings. The molecule has 0 aromatic carbocycles. The first-order chi connectivity index (χ1) is 9.22. The Morgan fingerprint density at radius 2 is 2.42 bits per heavy atom. The number of ether oxygens (including phenoxy) is 1. The summed E-state index contributed by atoms with van der Waals surface area (Å²) in [5.41, 5.74) is 9.42. The van der Waals surface area contributed by atoms with Crippen molar-refractivity contribution in [1.82, 2.24) is 20.0 Å². The molecule has 2 aromatic heterocycles. The molecule has 0 fully saturated rings. The lowest BCUT2D eigenvalue weighted by Crippen LogP contribution is -2.16. The molecule has 0 radical (unpaired) electrons. The van der Waals surface area contributed by atoms with E-state index in [2.05, 4.69) is 15.3 Å². The van der Waals surface area contributed by atoms with E-state index in [-0.39, 0.29) is 0 Å². The maximum absolute atomic E-state index is 11.3. The van der Waals surface area contributed by atoms with Crippen LogP contribution in [0.1, 0.15) is 28.7 Å². The summed E-state index contributed by atoms with van der Waals surface area (Å²) >= 11 is 0. The van der Waals surface area contributed by atoms with Crippen LogP contribution in [0.3, 0.4) is 0 Å².